The first kappa shape index (κ1) is 23.9. The second-order valence-electron chi connectivity index (χ2n) is 6.40. The van der Waals surface area contributed by atoms with E-state index in [1.165, 1.54) is 16.8 Å². The van der Waals surface area contributed by atoms with Gasteiger partial charge in [-0.2, -0.15) is 0 Å². The van der Waals surface area contributed by atoms with Crippen molar-refractivity contribution in [1.29, 1.82) is 0 Å². The van der Waals surface area contributed by atoms with E-state index >= 15 is 0 Å². The molecule has 0 aliphatic rings. The Labute approximate surface area is 185 Å². The summed E-state index contributed by atoms with van der Waals surface area (Å²) in [4.78, 5) is 6.82. The number of nitrogens with zero attached hydrogens (tertiary/aromatic N) is 2. The number of hydrogen-bond donors (Lipinski definition) is 2. The predicted octanol–water partition coefficient (Wildman–Crippen LogP) is 4.27. The Morgan fingerprint density at radius 3 is 2.32 bits per heavy atom. The number of nitrogens with one attached hydrogen (secondary N) is 2. The molecule has 0 spiro atoms. The maximum Gasteiger partial charge on any atom is 0.196 e. The summed E-state index contributed by atoms with van der Waals surface area (Å²) >= 11 is 0. The Bertz CT molecular complexity index is 794. The molecule has 0 atom stereocenters. The smallest absolute Gasteiger partial charge is 0.196 e. The lowest BCUT2D eigenvalue weighted by Crippen LogP contribution is -2.30. The standard InChI is InChI=1S/C21H30N4O2.HI/c1-7-22-21(24-17-9-11-19(26-5)20(13-17)27-6)23-14-16-8-10-18(25(3)4)12-15(16)2;/h8-13H,7,14H2,1-6H3,(H2,22,23,24);1H. The van der Waals surface area contributed by atoms with Gasteiger partial charge in [0.25, 0.3) is 0 Å². The van der Waals surface area contributed by atoms with Crippen LogP contribution in [0.2, 0.25) is 0 Å². The maximum absolute atomic E-state index is 5.36. The molecule has 154 valence electrons. The number of benzene rings is 2. The SMILES string of the molecule is CCNC(=NCc1ccc(N(C)C)cc1C)Nc1ccc(OC)c(OC)c1.I. The van der Waals surface area contributed by atoms with Crippen molar-refractivity contribution < 1.29 is 9.47 Å². The van der Waals surface area contributed by atoms with Crippen LogP contribution in [0.5, 0.6) is 11.5 Å². The molecule has 0 heterocycles. The third-order valence-corrected chi connectivity index (χ3v) is 4.24. The van der Waals surface area contributed by atoms with E-state index in [-0.39, 0.29) is 24.0 Å². The molecule has 0 bridgehead atoms. The molecule has 0 fully saturated rings. The molecule has 0 radical (unpaired) electrons. The first-order chi connectivity index (χ1) is 13.0. The summed E-state index contributed by atoms with van der Waals surface area (Å²) in [7, 11) is 7.34. The first-order valence-corrected chi connectivity index (χ1v) is 9.02. The number of aliphatic imine (C=N–C) groups is 1. The minimum absolute atomic E-state index is 0. The zero-order chi connectivity index (χ0) is 19.8. The highest BCUT2D eigenvalue weighted by Gasteiger charge is 2.07. The molecule has 2 aromatic carbocycles. The van der Waals surface area contributed by atoms with Crippen LogP contribution in [0.3, 0.4) is 0 Å². The molecule has 0 saturated carbocycles. The lowest BCUT2D eigenvalue weighted by molar-refractivity contribution is 0.355. The van der Waals surface area contributed by atoms with Crippen LogP contribution in [-0.2, 0) is 6.54 Å². The van der Waals surface area contributed by atoms with Crippen LogP contribution in [0.25, 0.3) is 0 Å². The summed E-state index contributed by atoms with van der Waals surface area (Å²) in [6.07, 6.45) is 0. The predicted molar refractivity (Wildman–Crippen MR) is 129 cm³/mol. The van der Waals surface area contributed by atoms with Gasteiger partial charge in [-0.05, 0) is 49.2 Å². The maximum atomic E-state index is 5.36. The van der Waals surface area contributed by atoms with Crippen molar-refractivity contribution in [1.82, 2.24) is 5.32 Å². The van der Waals surface area contributed by atoms with Crippen LogP contribution in [0, 0.1) is 6.92 Å². The molecule has 28 heavy (non-hydrogen) atoms. The van der Waals surface area contributed by atoms with Crippen molar-refractivity contribution in [2.24, 2.45) is 4.99 Å². The minimum Gasteiger partial charge on any atom is -0.493 e. The van der Waals surface area contributed by atoms with Gasteiger partial charge in [-0.15, -0.1) is 24.0 Å². The minimum atomic E-state index is 0. The number of ether oxygens (including phenoxy) is 2. The Kier molecular flexibility index (Phi) is 9.92. The van der Waals surface area contributed by atoms with Crippen LogP contribution in [0.4, 0.5) is 11.4 Å². The molecule has 7 heteroatoms. The van der Waals surface area contributed by atoms with Crippen LogP contribution < -0.4 is 25.0 Å². The number of halogens is 1. The third kappa shape index (κ3) is 6.47. The van der Waals surface area contributed by atoms with Gasteiger partial charge in [0.1, 0.15) is 0 Å². The molecule has 0 aliphatic carbocycles. The van der Waals surface area contributed by atoms with Gasteiger partial charge in [-0.1, -0.05) is 6.07 Å². The fraction of sp³-hybridized carbons (Fsp3) is 0.381. The van der Waals surface area contributed by atoms with E-state index in [2.05, 4.69) is 40.7 Å². The van der Waals surface area contributed by atoms with Crippen molar-refractivity contribution >= 4 is 41.3 Å². The monoisotopic (exact) mass is 498 g/mol. The highest BCUT2D eigenvalue weighted by molar-refractivity contribution is 14.0. The normalized spacial score (nSPS) is 10.7. The first-order valence-electron chi connectivity index (χ1n) is 9.02. The number of hydrogen-bond acceptors (Lipinski definition) is 4. The van der Waals surface area contributed by atoms with Crippen molar-refractivity contribution in [2.75, 3.05) is 45.1 Å². The lowest BCUT2D eigenvalue weighted by Gasteiger charge is -2.16. The molecular weight excluding hydrogens is 467 g/mol. The van der Waals surface area contributed by atoms with Gasteiger partial charge in [0.2, 0.25) is 0 Å². The highest BCUT2D eigenvalue weighted by atomic mass is 127. The average molecular weight is 498 g/mol. The van der Waals surface area contributed by atoms with Gasteiger partial charge >= 0.3 is 0 Å². The van der Waals surface area contributed by atoms with Gasteiger partial charge in [0.15, 0.2) is 17.5 Å². The van der Waals surface area contributed by atoms with Crippen LogP contribution in [0.1, 0.15) is 18.1 Å². The van der Waals surface area contributed by atoms with E-state index in [1.807, 2.05) is 39.2 Å². The highest BCUT2D eigenvalue weighted by Crippen LogP contribution is 2.29. The summed E-state index contributed by atoms with van der Waals surface area (Å²) in [6, 6.07) is 12.1. The number of anilines is 2. The second kappa shape index (κ2) is 11.6. The molecule has 6 nitrogen and oxygen atoms in total. The molecule has 0 aliphatic heterocycles. The van der Waals surface area contributed by atoms with Crippen molar-refractivity contribution in [2.45, 2.75) is 20.4 Å². The molecule has 0 saturated heterocycles. The Hall–Kier alpha value is -2.16. The molecule has 0 aromatic heterocycles. The zero-order valence-electron chi connectivity index (χ0n) is 17.5. The Morgan fingerprint density at radius 2 is 1.75 bits per heavy atom. The van der Waals surface area contributed by atoms with Crippen molar-refractivity contribution in [3.8, 4) is 11.5 Å². The topological polar surface area (TPSA) is 58.1 Å². The summed E-state index contributed by atoms with van der Waals surface area (Å²) in [5.74, 6) is 2.09. The Morgan fingerprint density at radius 1 is 1.04 bits per heavy atom. The fourth-order valence-corrected chi connectivity index (χ4v) is 2.66. The van der Waals surface area contributed by atoms with E-state index in [0.29, 0.717) is 18.0 Å². The molecule has 2 N–H and O–H groups in total. The summed E-state index contributed by atoms with van der Waals surface area (Å²) in [5.41, 5.74) is 4.50. The number of guanidine groups is 1. The van der Waals surface area contributed by atoms with Crippen LogP contribution in [0.15, 0.2) is 41.4 Å². The van der Waals surface area contributed by atoms with E-state index in [0.717, 1.165) is 18.2 Å². The Balaban J connectivity index is 0.00000392. The van der Waals surface area contributed by atoms with Gasteiger partial charge in [-0.25, -0.2) is 4.99 Å². The third-order valence-electron chi connectivity index (χ3n) is 4.24. The summed E-state index contributed by atoms with van der Waals surface area (Å²) in [5, 5.41) is 6.60. The number of methoxy groups -OCH3 is 2. The van der Waals surface area contributed by atoms with E-state index in [1.54, 1.807) is 14.2 Å². The molecule has 0 unspecified atom stereocenters. The molecular formula is C21H31IN4O2. The summed E-state index contributed by atoms with van der Waals surface area (Å²) in [6.45, 7) is 5.54. The molecule has 0 amide bonds. The summed E-state index contributed by atoms with van der Waals surface area (Å²) < 4.78 is 10.7. The number of rotatable bonds is 7. The largest absolute Gasteiger partial charge is 0.493 e. The zero-order valence-corrected chi connectivity index (χ0v) is 19.8. The van der Waals surface area contributed by atoms with Crippen molar-refractivity contribution in [3.63, 3.8) is 0 Å². The second-order valence-corrected chi connectivity index (χ2v) is 6.40. The lowest BCUT2D eigenvalue weighted by atomic mass is 10.1. The molecule has 2 rings (SSSR count). The average Bonchev–Trinajstić information content (AvgIpc) is 2.66. The van der Waals surface area contributed by atoms with Gasteiger partial charge in [0, 0.05) is 38.1 Å². The quantitative estimate of drug-likeness (QED) is 0.339. The van der Waals surface area contributed by atoms with Crippen LogP contribution >= 0.6 is 24.0 Å². The van der Waals surface area contributed by atoms with Gasteiger partial charge in [0.05, 0.1) is 20.8 Å². The fourth-order valence-electron chi connectivity index (χ4n) is 2.66. The van der Waals surface area contributed by atoms with Gasteiger partial charge in [-0.3, -0.25) is 0 Å². The molecule has 2 aromatic rings. The number of aryl methyl sites for hydroxylation is 1. The van der Waals surface area contributed by atoms with Crippen LogP contribution in [-0.4, -0.2) is 40.8 Å². The van der Waals surface area contributed by atoms with Gasteiger partial charge < -0.3 is 25.0 Å². The van der Waals surface area contributed by atoms with Crippen molar-refractivity contribution in [3.05, 3.63) is 47.5 Å². The van der Waals surface area contributed by atoms with E-state index < -0.39 is 0 Å². The van der Waals surface area contributed by atoms with E-state index in [9.17, 15) is 0 Å². The van der Waals surface area contributed by atoms with E-state index in [4.69, 9.17) is 14.5 Å².